The van der Waals surface area contributed by atoms with Crippen LogP contribution in [0.3, 0.4) is 0 Å². The maximum absolute atomic E-state index is 4.51. The van der Waals surface area contributed by atoms with Crippen LogP contribution in [0.1, 0.15) is 11.1 Å². The van der Waals surface area contributed by atoms with E-state index in [2.05, 4.69) is 70.6 Å². The lowest BCUT2D eigenvalue weighted by molar-refractivity contribution is 1.26. The molecule has 4 aromatic rings. The van der Waals surface area contributed by atoms with Crippen LogP contribution in [0.4, 0.5) is 0 Å². The Balaban J connectivity index is 1.80. The molecule has 1 aliphatic carbocycles. The number of aromatic nitrogens is 2. The highest BCUT2D eigenvalue weighted by Gasteiger charge is 2.21. The number of nitrogens with one attached hydrogen (secondary N) is 1. The fourth-order valence-electron chi connectivity index (χ4n) is 3.59. The maximum Gasteiger partial charge on any atom is 0.0960 e. The molecular weight excluding hydrogens is 268 g/mol. The SMILES string of the molecule is c1ccc2c(c1)Cc1c-2cccc1-c1cccc2[nH]cnc12. The molecule has 0 unspecified atom stereocenters. The van der Waals surface area contributed by atoms with E-state index in [1.807, 2.05) is 0 Å². The molecule has 0 radical (unpaired) electrons. The monoisotopic (exact) mass is 282 g/mol. The van der Waals surface area contributed by atoms with Crippen molar-refractivity contribution in [2.75, 3.05) is 0 Å². The summed E-state index contributed by atoms with van der Waals surface area (Å²) in [6.45, 7) is 0. The molecule has 5 rings (SSSR count). The molecule has 0 aliphatic heterocycles. The number of aromatic amines is 1. The Labute approximate surface area is 128 Å². The summed E-state index contributed by atoms with van der Waals surface area (Å²) in [5.41, 5.74) is 10.2. The fraction of sp³-hybridized carbons (Fsp3) is 0.0500. The average molecular weight is 282 g/mol. The largest absolute Gasteiger partial charge is 0.345 e. The molecule has 1 aromatic heterocycles. The molecule has 3 aromatic carbocycles. The molecule has 1 aliphatic rings. The molecule has 0 fully saturated rings. The molecule has 2 heteroatoms. The third-order valence-corrected chi connectivity index (χ3v) is 4.59. The van der Waals surface area contributed by atoms with Crippen molar-refractivity contribution in [2.24, 2.45) is 0 Å². The quantitative estimate of drug-likeness (QED) is 0.470. The molecule has 22 heavy (non-hydrogen) atoms. The van der Waals surface area contributed by atoms with Crippen molar-refractivity contribution in [3.05, 3.63) is 78.1 Å². The van der Waals surface area contributed by atoms with Crippen LogP contribution in [-0.4, -0.2) is 9.97 Å². The lowest BCUT2D eigenvalue weighted by atomic mass is 9.95. The summed E-state index contributed by atoms with van der Waals surface area (Å²) in [7, 11) is 0. The number of para-hydroxylation sites is 1. The van der Waals surface area contributed by atoms with E-state index < -0.39 is 0 Å². The number of rotatable bonds is 1. The zero-order chi connectivity index (χ0) is 14.5. The van der Waals surface area contributed by atoms with Crippen LogP contribution in [-0.2, 0) is 6.42 Å². The molecule has 0 atom stereocenters. The first kappa shape index (κ1) is 11.8. The number of hydrogen-bond acceptors (Lipinski definition) is 1. The van der Waals surface area contributed by atoms with Gasteiger partial charge in [-0.25, -0.2) is 4.98 Å². The standard InChI is InChI=1S/C20H14N2/c1-2-6-14-13(5-1)11-18-15(14)7-3-8-16(18)17-9-4-10-19-20(17)22-12-21-19/h1-10,12H,11H2,(H,21,22). The van der Waals surface area contributed by atoms with Crippen molar-refractivity contribution in [1.29, 1.82) is 0 Å². The van der Waals surface area contributed by atoms with Crippen LogP contribution in [0.2, 0.25) is 0 Å². The number of fused-ring (bicyclic) bond motifs is 4. The highest BCUT2D eigenvalue weighted by atomic mass is 14.9. The summed E-state index contributed by atoms with van der Waals surface area (Å²) >= 11 is 0. The number of imidazole rings is 1. The Morgan fingerprint density at radius 3 is 2.41 bits per heavy atom. The topological polar surface area (TPSA) is 28.7 Å². The summed E-state index contributed by atoms with van der Waals surface area (Å²) in [5, 5.41) is 0. The Kier molecular flexibility index (Phi) is 2.30. The van der Waals surface area contributed by atoms with Crippen molar-refractivity contribution in [1.82, 2.24) is 9.97 Å². The zero-order valence-electron chi connectivity index (χ0n) is 12.0. The van der Waals surface area contributed by atoms with Crippen molar-refractivity contribution in [3.63, 3.8) is 0 Å². The van der Waals surface area contributed by atoms with Crippen LogP contribution in [0.5, 0.6) is 0 Å². The number of H-pyrrole nitrogens is 1. The first-order valence-electron chi connectivity index (χ1n) is 7.54. The molecule has 2 nitrogen and oxygen atoms in total. The van der Waals surface area contributed by atoms with E-state index in [-0.39, 0.29) is 0 Å². The smallest absolute Gasteiger partial charge is 0.0960 e. The third-order valence-electron chi connectivity index (χ3n) is 4.59. The Bertz CT molecular complexity index is 1010. The van der Waals surface area contributed by atoms with E-state index in [0.717, 1.165) is 17.5 Å². The highest BCUT2D eigenvalue weighted by Crippen LogP contribution is 2.42. The third kappa shape index (κ3) is 1.52. The van der Waals surface area contributed by atoms with Gasteiger partial charge in [-0.3, -0.25) is 0 Å². The molecule has 1 heterocycles. The van der Waals surface area contributed by atoms with Crippen molar-refractivity contribution in [3.8, 4) is 22.3 Å². The van der Waals surface area contributed by atoms with E-state index >= 15 is 0 Å². The van der Waals surface area contributed by atoms with Gasteiger partial charge in [0.05, 0.1) is 17.4 Å². The second-order valence-electron chi connectivity index (χ2n) is 5.77. The Hall–Kier alpha value is -2.87. The van der Waals surface area contributed by atoms with Gasteiger partial charge in [0.2, 0.25) is 0 Å². The Morgan fingerprint density at radius 1 is 0.727 bits per heavy atom. The number of benzene rings is 3. The first-order valence-corrected chi connectivity index (χ1v) is 7.54. The molecule has 0 bridgehead atoms. The average Bonchev–Trinajstić information content (AvgIpc) is 3.18. The van der Waals surface area contributed by atoms with Crippen LogP contribution in [0.25, 0.3) is 33.3 Å². The van der Waals surface area contributed by atoms with Crippen molar-refractivity contribution in [2.45, 2.75) is 6.42 Å². The lowest BCUT2D eigenvalue weighted by Crippen LogP contribution is -1.89. The van der Waals surface area contributed by atoms with E-state index in [4.69, 9.17) is 0 Å². The maximum atomic E-state index is 4.51. The van der Waals surface area contributed by atoms with E-state index in [0.29, 0.717) is 0 Å². The van der Waals surface area contributed by atoms with Gasteiger partial charge in [0, 0.05) is 5.56 Å². The van der Waals surface area contributed by atoms with Gasteiger partial charge in [0.1, 0.15) is 0 Å². The normalized spacial score (nSPS) is 12.4. The molecule has 0 saturated heterocycles. The van der Waals surface area contributed by atoms with Gasteiger partial charge in [-0.2, -0.15) is 0 Å². The predicted octanol–water partition coefficient (Wildman–Crippen LogP) is 4.80. The van der Waals surface area contributed by atoms with Crippen molar-refractivity contribution >= 4 is 11.0 Å². The van der Waals surface area contributed by atoms with Crippen LogP contribution in [0.15, 0.2) is 67.0 Å². The molecule has 1 N–H and O–H groups in total. The summed E-state index contributed by atoms with van der Waals surface area (Å²) in [6.07, 6.45) is 2.77. The van der Waals surface area contributed by atoms with Crippen LogP contribution >= 0.6 is 0 Å². The summed E-state index contributed by atoms with van der Waals surface area (Å²) < 4.78 is 0. The fourth-order valence-corrected chi connectivity index (χ4v) is 3.59. The second kappa shape index (κ2) is 4.31. The van der Waals surface area contributed by atoms with E-state index in [1.54, 1.807) is 6.33 Å². The summed E-state index contributed by atoms with van der Waals surface area (Å²) in [5.74, 6) is 0. The molecule has 104 valence electrons. The van der Waals surface area contributed by atoms with Gasteiger partial charge in [-0.1, -0.05) is 54.6 Å². The molecule has 0 amide bonds. The minimum absolute atomic E-state index is 1.00. The lowest BCUT2D eigenvalue weighted by Gasteiger charge is -2.09. The minimum Gasteiger partial charge on any atom is -0.345 e. The zero-order valence-corrected chi connectivity index (χ0v) is 12.0. The van der Waals surface area contributed by atoms with Gasteiger partial charge in [-0.05, 0) is 40.3 Å². The number of hydrogen-bond donors (Lipinski definition) is 1. The first-order chi connectivity index (χ1) is 10.9. The molecule has 0 spiro atoms. The highest BCUT2D eigenvalue weighted by molar-refractivity contribution is 5.95. The van der Waals surface area contributed by atoms with E-state index in [1.165, 1.54) is 33.4 Å². The van der Waals surface area contributed by atoms with Crippen molar-refractivity contribution < 1.29 is 0 Å². The summed E-state index contributed by atoms with van der Waals surface area (Å²) in [6, 6.07) is 21.6. The second-order valence-corrected chi connectivity index (χ2v) is 5.77. The minimum atomic E-state index is 1.00. The predicted molar refractivity (Wildman–Crippen MR) is 89.8 cm³/mol. The van der Waals surface area contributed by atoms with Gasteiger partial charge < -0.3 is 4.98 Å². The van der Waals surface area contributed by atoms with E-state index in [9.17, 15) is 0 Å². The summed E-state index contributed by atoms with van der Waals surface area (Å²) in [4.78, 5) is 7.72. The van der Waals surface area contributed by atoms with Crippen LogP contribution in [0, 0.1) is 0 Å². The number of nitrogens with zero attached hydrogens (tertiary/aromatic N) is 1. The van der Waals surface area contributed by atoms with Gasteiger partial charge in [0.15, 0.2) is 0 Å². The van der Waals surface area contributed by atoms with Gasteiger partial charge in [-0.15, -0.1) is 0 Å². The molecular formula is C20H14N2. The van der Waals surface area contributed by atoms with Gasteiger partial charge >= 0.3 is 0 Å². The molecule has 0 saturated carbocycles. The van der Waals surface area contributed by atoms with Crippen LogP contribution < -0.4 is 0 Å². The van der Waals surface area contributed by atoms with Gasteiger partial charge in [0.25, 0.3) is 0 Å². The Morgan fingerprint density at radius 2 is 1.45 bits per heavy atom.